The number of primary amides is 1. The summed E-state index contributed by atoms with van der Waals surface area (Å²) in [6.07, 6.45) is 0. The first-order valence-electron chi connectivity index (χ1n) is 6.03. The highest BCUT2D eigenvalue weighted by atomic mass is 16.5. The molecule has 0 aliphatic rings. The molecular formula is C12H21N3O5. The maximum Gasteiger partial charge on any atom is 0.332 e. The molecule has 8 nitrogen and oxygen atoms in total. The van der Waals surface area contributed by atoms with Gasteiger partial charge >= 0.3 is 18.0 Å². The van der Waals surface area contributed by atoms with Gasteiger partial charge in [0.25, 0.3) is 0 Å². The fourth-order valence-electron chi connectivity index (χ4n) is 1.80. The molecule has 0 aromatic rings. The van der Waals surface area contributed by atoms with Gasteiger partial charge in [-0.3, -0.25) is 9.59 Å². The average Bonchev–Trinajstić information content (AvgIpc) is 2.35. The van der Waals surface area contributed by atoms with Crippen molar-refractivity contribution in [3.05, 3.63) is 0 Å². The molecule has 0 aliphatic carbocycles. The number of nitrogens with zero attached hydrogens (tertiary/aromatic N) is 1. The van der Waals surface area contributed by atoms with Crippen molar-refractivity contribution >= 4 is 23.7 Å². The Kier molecular flexibility index (Phi) is 6.67. The van der Waals surface area contributed by atoms with E-state index in [1.807, 2.05) is 5.43 Å². The van der Waals surface area contributed by atoms with E-state index in [9.17, 15) is 14.4 Å². The number of hydrazone groups is 1. The first kappa shape index (κ1) is 17.9. The molecule has 0 saturated heterocycles. The average molecular weight is 287 g/mol. The zero-order valence-electron chi connectivity index (χ0n) is 12.4. The molecule has 20 heavy (non-hydrogen) atoms. The minimum absolute atomic E-state index is 0.156. The standard InChI is InChI=1S/C12H21N3O5/c1-6-20-9(16)8(7(2)14-15-11(13)18)12(3,4)10(17)19-5/h8H,6H2,1-5H3,(H3,13,15,18)/b14-7+. The Balaban J connectivity index is 5.49. The van der Waals surface area contributed by atoms with Crippen molar-refractivity contribution in [3.63, 3.8) is 0 Å². The van der Waals surface area contributed by atoms with Crippen LogP contribution >= 0.6 is 0 Å². The van der Waals surface area contributed by atoms with Crippen LogP contribution in [0.15, 0.2) is 5.10 Å². The van der Waals surface area contributed by atoms with Crippen LogP contribution in [-0.4, -0.2) is 37.4 Å². The first-order chi connectivity index (χ1) is 9.18. The minimum Gasteiger partial charge on any atom is -0.469 e. The van der Waals surface area contributed by atoms with Gasteiger partial charge < -0.3 is 15.2 Å². The fraction of sp³-hybridized carbons (Fsp3) is 0.667. The van der Waals surface area contributed by atoms with Crippen LogP contribution in [0.5, 0.6) is 0 Å². The molecule has 1 atom stereocenters. The molecule has 8 heteroatoms. The van der Waals surface area contributed by atoms with Crippen molar-refractivity contribution < 1.29 is 23.9 Å². The second-order valence-electron chi connectivity index (χ2n) is 4.63. The van der Waals surface area contributed by atoms with E-state index in [2.05, 4.69) is 9.84 Å². The highest BCUT2D eigenvalue weighted by molar-refractivity contribution is 6.05. The topological polar surface area (TPSA) is 120 Å². The van der Waals surface area contributed by atoms with Crippen molar-refractivity contribution in [3.8, 4) is 0 Å². The normalized spacial score (nSPS) is 13.3. The molecule has 0 fully saturated rings. The summed E-state index contributed by atoms with van der Waals surface area (Å²) in [5.74, 6) is -2.22. The Morgan fingerprint density at radius 2 is 1.90 bits per heavy atom. The van der Waals surface area contributed by atoms with E-state index in [4.69, 9.17) is 10.5 Å². The number of carbonyl (C=O) groups excluding carboxylic acids is 3. The Hall–Kier alpha value is -2.12. The van der Waals surface area contributed by atoms with Crippen LogP contribution in [0.4, 0.5) is 4.79 Å². The van der Waals surface area contributed by atoms with Crippen LogP contribution < -0.4 is 11.2 Å². The number of carbonyl (C=O) groups is 3. The second kappa shape index (κ2) is 7.46. The molecule has 0 aromatic carbocycles. The lowest BCUT2D eigenvalue weighted by Gasteiger charge is -2.29. The molecule has 2 amide bonds. The lowest BCUT2D eigenvalue weighted by molar-refractivity contribution is -0.161. The highest BCUT2D eigenvalue weighted by Gasteiger charge is 2.45. The van der Waals surface area contributed by atoms with Crippen LogP contribution in [0.3, 0.4) is 0 Å². The molecule has 1 unspecified atom stereocenters. The summed E-state index contributed by atoms with van der Waals surface area (Å²) < 4.78 is 9.63. The maximum absolute atomic E-state index is 12.0. The quantitative estimate of drug-likeness (QED) is 0.416. The molecule has 0 saturated carbocycles. The third-order valence-corrected chi connectivity index (χ3v) is 2.72. The lowest BCUT2D eigenvalue weighted by atomic mass is 9.76. The number of esters is 2. The lowest BCUT2D eigenvalue weighted by Crippen LogP contribution is -2.44. The third-order valence-electron chi connectivity index (χ3n) is 2.72. The SMILES string of the molecule is CCOC(=O)C(/C(C)=N/NC(N)=O)C(C)(C)C(=O)OC. The Morgan fingerprint density at radius 3 is 2.30 bits per heavy atom. The van der Waals surface area contributed by atoms with E-state index in [1.54, 1.807) is 6.92 Å². The van der Waals surface area contributed by atoms with Crippen molar-refractivity contribution in [2.45, 2.75) is 27.7 Å². The van der Waals surface area contributed by atoms with Crippen LogP contribution in [-0.2, 0) is 19.1 Å². The summed E-state index contributed by atoms with van der Waals surface area (Å²) in [4.78, 5) is 34.5. The number of rotatable bonds is 6. The zero-order valence-corrected chi connectivity index (χ0v) is 12.4. The zero-order chi connectivity index (χ0) is 15.9. The number of nitrogens with one attached hydrogen (secondary N) is 1. The molecule has 3 N–H and O–H groups in total. The van der Waals surface area contributed by atoms with Gasteiger partial charge in [-0.05, 0) is 27.7 Å². The molecule has 114 valence electrons. The summed E-state index contributed by atoms with van der Waals surface area (Å²) in [5.41, 5.74) is 5.92. The molecule has 0 spiro atoms. The number of methoxy groups -OCH3 is 1. The van der Waals surface area contributed by atoms with Gasteiger partial charge in [-0.2, -0.15) is 5.10 Å². The van der Waals surface area contributed by atoms with E-state index >= 15 is 0 Å². The van der Waals surface area contributed by atoms with E-state index in [-0.39, 0.29) is 12.3 Å². The Bertz CT molecular complexity index is 417. The van der Waals surface area contributed by atoms with Gasteiger partial charge in [-0.1, -0.05) is 0 Å². The third kappa shape index (κ3) is 4.52. The molecule has 0 rings (SSSR count). The molecule has 0 heterocycles. The van der Waals surface area contributed by atoms with Crippen molar-refractivity contribution in [1.82, 2.24) is 5.43 Å². The van der Waals surface area contributed by atoms with Gasteiger partial charge in [0, 0.05) is 0 Å². The van der Waals surface area contributed by atoms with E-state index in [1.165, 1.54) is 27.9 Å². The molecule has 0 aromatic heterocycles. The van der Waals surface area contributed by atoms with E-state index in [0.717, 1.165) is 0 Å². The van der Waals surface area contributed by atoms with Gasteiger partial charge in [-0.25, -0.2) is 10.2 Å². The van der Waals surface area contributed by atoms with E-state index < -0.39 is 29.3 Å². The van der Waals surface area contributed by atoms with E-state index in [0.29, 0.717) is 0 Å². The van der Waals surface area contributed by atoms with Gasteiger partial charge in [0.2, 0.25) is 0 Å². The summed E-state index contributed by atoms with van der Waals surface area (Å²) >= 11 is 0. The van der Waals surface area contributed by atoms with Gasteiger partial charge in [-0.15, -0.1) is 0 Å². The number of urea groups is 1. The van der Waals surface area contributed by atoms with Crippen molar-refractivity contribution in [2.24, 2.45) is 22.2 Å². The maximum atomic E-state index is 12.0. The highest BCUT2D eigenvalue weighted by Crippen LogP contribution is 2.30. The van der Waals surface area contributed by atoms with Crippen LogP contribution in [0.1, 0.15) is 27.7 Å². The largest absolute Gasteiger partial charge is 0.469 e. The Labute approximate surface area is 117 Å². The molecular weight excluding hydrogens is 266 g/mol. The predicted octanol–water partition coefficient (Wildman–Crippen LogP) is 0.409. The van der Waals surface area contributed by atoms with Gasteiger partial charge in [0.15, 0.2) is 0 Å². The van der Waals surface area contributed by atoms with Gasteiger partial charge in [0.05, 0.1) is 24.8 Å². The predicted molar refractivity (Wildman–Crippen MR) is 71.7 cm³/mol. The number of hydrogen-bond donors (Lipinski definition) is 2. The minimum atomic E-state index is -1.20. The Morgan fingerprint density at radius 1 is 1.35 bits per heavy atom. The summed E-state index contributed by atoms with van der Waals surface area (Å²) in [6, 6.07) is -0.872. The number of hydrogen-bond acceptors (Lipinski definition) is 6. The molecule has 0 radical (unpaired) electrons. The van der Waals surface area contributed by atoms with Crippen LogP contribution in [0, 0.1) is 11.3 Å². The second-order valence-corrected chi connectivity index (χ2v) is 4.63. The van der Waals surface area contributed by atoms with Gasteiger partial charge in [0.1, 0.15) is 5.92 Å². The number of nitrogens with two attached hydrogens (primary N) is 1. The van der Waals surface area contributed by atoms with Crippen molar-refractivity contribution in [2.75, 3.05) is 13.7 Å². The fourth-order valence-corrected chi connectivity index (χ4v) is 1.80. The van der Waals surface area contributed by atoms with Crippen LogP contribution in [0.25, 0.3) is 0 Å². The summed E-state index contributed by atoms with van der Waals surface area (Å²) in [7, 11) is 1.22. The first-order valence-corrected chi connectivity index (χ1v) is 6.03. The van der Waals surface area contributed by atoms with Crippen LogP contribution in [0.2, 0.25) is 0 Å². The number of amides is 2. The summed E-state index contributed by atoms with van der Waals surface area (Å²) in [6.45, 7) is 6.35. The van der Waals surface area contributed by atoms with Crippen molar-refractivity contribution in [1.29, 1.82) is 0 Å². The number of ether oxygens (including phenoxy) is 2. The molecule has 0 aliphatic heterocycles. The smallest absolute Gasteiger partial charge is 0.332 e. The monoisotopic (exact) mass is 287 g/mol. The molecule has 0 bridgehead atoms. The summed E-state index contributed by atoms with van der Waals surface area (Å²) in [5, 5.41) is 3.69.